The van der Waals surface area contributed by atoms with Gasteiger partial charge in [-0.05, 0) is 18.2 Å². The van der Waals surface area contributed by atoms with Crippen molar-refractivity contribution < 1.29 is 17.6 Å². The molecule has 0 aliphatic carbocycles. The Balaban J connectivity index is 2.18. The number of halogens is 4. The van der Waals surface area contributed by atoms with Gasteiger partial charge in [0.15, 0.2) is 0 Å². The van der Waals surface area contributed by atoms with Crippen molar-refractivity contribution >= 4 is 11.0 Å². The van der Waals surface area contributed by atoms with Crippen LogP contribution in [-0.2, 0) is 12.7 Å². The Hall–Kier alpha value is -2.37. The predicted molar refractivity (Wildman–Crippen MR) is 70.2 cm³/mol. The summed E-state index contributed by atoms with van der Waals surface area (Å²) in [6.07, 6.45) is -4.59. The summed E-state index contributed by atoms with van der Waals surface area (Å²) in [5.74, 6) is -1.56. The zero-order chi connectivity index (χ0) is 15.0. The third-order valence-electron chi connectivity index (χ3n) is 3.19. The minimum Gasteiger partial charge on any atom is -0.316 e. The van der Waals surface area contributed by atoms with Gasteiger partial charge in [-0.15, -0.1) is 0 Å². The van der Waals surface area contributed by atoms with E-state index in [1.165, 1.54) is 24.3 Å². The Morgan fingerprint density at radius 2 is 1.62 bits per heavy atom. The van der Waals surface area contributed by atoms with Gasteiger partial charge in [-0.25, -0.2) is 9.37 Å². The first-order valence-corrected chi connectivity index (χ1v) is 6.22. The van der Waals surface area contributed by atoms with Gasteiger partial charge < -0.3 is 4.57 Å². The van der Waals surface area contributed by atoms with Crippen molar-refractivity contribution in [2.45, 2.75) is 12.7 Å². The van der Waals surface area contributed by atoms with E-state index in [4.69, 9.17) is 0 Å². The van der Waals surface area contributed by atoms with Crippen LogP contribution in [-0.4, -0.2) is 9.55 Å². The molecule has 0 unspecified atom stereocenters. The van der Waals surface area contributed by atoms with E-state index in [-0.39, 0.29) is 17.6 Å². The van der Waals surface area contributed by atoms with E-state index in [1.807, 2.05) is 0 Å². The number of hydrogen-bond donors (Lipinski definition) is 0. The van der Waals surface area contributed by atoms with E-state index in [2.05, 4.69) is 4.98 Å². The van der Waals surface area contributed by atoms with Crippen LogP contribution in [0.1, 0.15) is 11.4 Å². The van der Waals surface area contributed by atoms with Gasteiger partial charge in [-0.2, -0.15) is 13.2 Å². The highest BCUT2D eigenvalue weighted by Crippen LogP contribution is 2.32. The average molecular weight is 294 g/mol. The first kappa shape index (κ1) is 13.6. The number of alkyl halides is 3. The molecule has 3 aromatic rings. The predicted octanol–water partition coefficient (Wildman–Crippen LogP) is 4.24. The molecule has 3 rings (SSSR count). The van der Waals surface area contributed by atoms with Crippen LogP contribution >= 0.6 is 0 Å². The minimum atomic E-state index is -4.59. The number of para-hydroxylation sites is 2. The Kier molecular flexibility index (Phi) is 3.16. The van der Waals surface area contributed by atoms with Crippen LogP contribution in [0.5, 0.6) is 0 Å². The Labute approximate surface area is 117 Å². The van der Waals surface area contributed by atoms with Crippen molar-refractivity contribution in [3.8, 4) is 0 Å². The molecule has 108 valence electrons. The van der Waals surface area contributed by atoms with Crippen LogP contribution in [0.4, 0.5) is 17.6 Å². The Morgan fingerprint density at radius 1 is 0.952 bits per heavy atom. The van der Waals surface area contributed by atoms with Crippen LogP contribution in [0.3, 0.4) is 0 Å². The molecule has 0 saturated carbocycles. The molecular weight excluding hydrogens is 284 g/mol. The molecule has 0 spiro atoms. The van der Waals surface area contributed by atoms with Crippen molar-refractivity contribution in [2.75, 3.05) is 0 Å². The molecule has 0 fully saturated rings. The molecule has 2 aromatic carbocycles. The second-order valence-electron chi connectivity index (χ2n) is 4.60. The van der Waals surface area contributed by atoms with Gasteiger partial charge in [0.25, 0.3) is 0 Å². The van der Waals surface area contributed by atoms with Crippen LogP contribution in [0, 0.1) is 5.82 Å². The molecule has 6 heteroatoms. The standard InChI is InChI=1S/C15H10F4N2/c16-11-6-2-1-5-10(11)9-21-13-8-4-3-7-12(13)20-14(21)15(17,18)19/h1-8H,9H2. The molecule has 0 aliphatic rings. The highest BCUT2D eigenvalue weighted by molar-refractivity contribution is 5.76. The molecule has 0 atom stereocenters. The first-order valence-electron chi connectivity index (χ1n) is 6.22. The largest absolute Gasteiger partial charge is 0.449 e. The monoisotopic (exact) mass is 294 g/mol. The maximum absolute atomic E-state index is 13.7. The van der Waals surface area contributed by atoms with Gasteiger partial charge >= 0.3 is 6.18 Å². The molecule has 0 N–H and O–H groups in total. The fraction of sp³-hybridized carbons (Fsp3) is 0.133. The molecule has 1 heterocycles. The second kappa shape index (κ2) is 4.87. The molecule has 0 saturated heterocycles. The fourth-order valence-electron chi connectivity index (χ4n) is 2.25. The smallest absolute Gasteiger partial charge is 0.316 e. The molecule has 2 nitrogen and oxygen atoms in total. The van der Waals surface area contributed by atoms with Crippen molar-refractivity contribution in [3.63, 3.8) is 0 Å². The summed E-state index contributed by atoms with van der Waals surface area (Å²) < 4.78 is 54.0. The molecule has 0 radical (unpaired) electrons. The summed E-state index contributed by atoms with van der Waals surface area (Å²) in [5.41, 5.74) is 0.750. The Bertz CT molecular complexity index is 790. The van der Waals surface area contributed by atoms with Gasteiger partial charge in [-0.3, -0.25) is 0 Å². The summed E-state index contributed by atoms with van der Waals surface area (Å²) in [6.45, 7) is -0.220. The zero-order valence-electron chi connectivity index (χ0n) is 10.7. The third kappa shape index (κ3) is 2.49. The number of nitrogens with zero attached hydrogens (tertiary/aromatic N) is 2. The normalized spacial score (nSPS) is 12.0. The molecule has 21 heavy (non-hydrogen) atoms. The van der Waals surface area contributed by atoms with E-state index >= 15 is 0 Å². The van der Waals surface area contributed by atoms with Gasteiger partial charge in [0.1, 0.15) is 5.82 Å². The van der Waals surface area contributed by atoms with Crippen LogP contribution < -0.4 is 0 Å². The lowest BCUT2D eigenvalue weighted by Gasteiger charge is -2.12. The number of benzene rings is 2. The summed E-state index contributed by atoms with van der Waals surface area (Å²) in [4.78, 5) is 3.63. The molecular formula is C15H10F4N2. The van der Waals surface area contributed by atoms with Crippen molar-refractivity contribution in [1.29, 1.82) is 0 Å². The topological polar surface area (TPSA) is 17.8 Å². The first-order chi connectivity index (χ1) is 9.97. The summed E-state index contributed by atoms with van der Waals surface area (Å²) in [7, 11) is 0. The van der Waals surface area contributed by atoms with Gasteiger partial charge in [0.2, 0.25) is 5.82 Å². The van der Waals surface area contributed by atoms with Crippen molar-refractivity contribution in [3.05, 3.63) is 65.7 Å². The highest BCUT2D eigenvalue weighted by atomic mass is 19.4. The van der Waals surface area contributed by atoms with E-state index in [0.717, 1.165) is 4.57 Å². The van der Waals surface area contributed by atoms with Gasteiger partial charge in [0, 0.05) is 5.56 Å². The summed E-state index contributed by atoms with van der Waals surface area (Å²) in [5, 5.41) is 0. The lowest BCUT2D eigenvalue weighted by atomic mass is 10.2. The Morgan fingerprint density at radius 3 is 2.33 bits per heavy atom. The van der Waals surface area contributed by atoms with Gasteiger partial charge in [-0.1, -0.05) is 30.3 Å². The van der Waals surface area contributed by atoms with E-state index in [0.29, 0.717) is 5.52 Å². The number of hydrogen-bond acceptors (Lipinski definition) is 1. The van der Waals surface area contributed by atoms with E-state index in [9.17, 15) is 17.6 Å². The minimum absolute atomic E-state index is 0.186. The number of aromatic nitrogens is 2. The number of fused-ring (bicyclic) bond motifs is 1. The second-order valence-corrected chi connectivity index (χ2v) is 4.60. The molecule has 0 amide bonds. The van der Waals surface area contributed by atoms with Crippen LogP contribution in [0.25, 0.3) is 11.0 Å². The van der Waals surface area contributed by atoms with Crippen molar-refractivity contribution in [1.82, 2.24) is 9.55 Å². The van der Waals surface area contributed by atoms with E-state index in [1.54, 1.807) is 24.3 Å². The number of rotatable bonds is 2. The van der Waals surface area contributed by atoms with Crippen LogP contribution in [0.15, 0.2) is 48.5 Å². The molecule has 1 aromatic heterocycles. The van der Waals surface area contributed by atoms with E-state index < -0.39 is 17.8 Å². The summed E-state index contributed by atoms with van der Waals surface area (Å²) >= 11 is 0. The SMILES string of the molecule is Fc1ccccc1Cn1c(C(F)(F)F)nc2ccccc21. The van der Waals surface area contributed by atoms with Crippen molar-refractivity contribution in [2.24, 2.45) is 0 Å². The zero-order valence-corrected chi connectivity index (χ0v) is 10.7. The fourth-order valence-corrected chi connectivity index (χ4v) is 2.25. The summed E-state index contributed by atoms with van der Waals surface area (Å²) in [6, 6.07) is 12.1. The highest BCUT2D eigenvalue weighted by Gasteiger charge is 2.37. The average Bonchev–Trinajstić information content (AvgIpc) is 2.80. The van der Waals surface area contributed by atoms with Gasteiger partial charge in [0.05, 0.1) is 17.6 Å². The maximum atomic E-state index is 13.7. The third-order valence-corrected chi connectivity index (χ3v) is 3.19. The van der Waals surface area contributed by atoms with Crippen LogP contribution in [0.2, 0.25) is 0 Å². The molecule has 0 aliphatic heterocycles. The number of imidazole rings is 1. The maximum Gasteiger partial charge on any atom is 0.449 e. The lowest BCUT2D eigenvalue weighted by molar-refractivity contribution is -0.146. The quantitative estimate of drug-likeness (QED) is 0.646. The lowest BCUT2D eigenvalue weighted by Crippen LogP contribution is -2.16. The molecule has 0 bridgehead atoms.